The molecule has 1 heterocycles. The van der Waals surface area contributed by atoms with E-state index in [9.17, 15) is 14.4 Å². The van der Waals surface area contributed by atoms with Crippen LogP contribution < -0.4 is 9.64 Å². The van der Waals surface area contributed by atoms with Gasteiger partial charge in [-0.2, -0.15) is 0 Å². The molecule has 0 radical (unpaired) electrons. The largest absolute Gasteiger partial charge is 0.497 e. The third-order valence-corrected chi connectivity index (χ3v) is 4.26. The highest BCUT2D eigenvalue weighted by Gasteiger charge is 2.39. The molecular formula is C14H15NO5S. The van der Waals surface area contributed by atoms with E-state index in [1.807, 2.05) is 0 Å². The molecule has 112 valence electrons. The van der Waals surface area contributed by atoms with Crippen molar-refractivity contribution in [1.29, 1.82) is 0 Å². The second-order valence-electron chi connectivity index (χ2n) is 4.48. The zero-order valence-electron chi connectivity index (χ0n) is 11.4. The number of amides is 2. The number of carboxylic acid groups (broad SMARTS) is 1. The van der Waals surface area contributed by atoms with Crippen LogP contribution in [0.2, 0.25) is 0 Å². The molecule has 1 atom stereocenters. The number of benzene rings is 1. The minimum atomic E-state index is -0.913. The van der Waals surface area contributed by atoms with Gasteiger partial charge >= 0.3 is 5.97 Å². The van der Waals surface area contributed by atoms with Gasteiger partial charge in [0.1, 0.15) is 5.75 Å². The average molecular weight is 309 g/mol. The van der Waals surface area contributed by atoms with Gasteiger partial charge in [-0.05, 0) is 12.1 Å². The highest BCUT2D eigenvalue weighted by atomic mass is 32.2. The molecule has 1 fully saturated rings. The van der Waals surface area contributed by atoms with Crippen LogP contribution in [0.3, 0.4) is 0 Å². The molecule has 7 heteroatoms. The Hall–Kier alpha value is -2.02. The number of thioether (sulfide) groups is 1. The second kappa shape index (κ2) is 6.62. The van der Waals surface area contributed by atoms with Crippen molar-refractivity contribution in [2.24, 2.45) is 0 Å². The summed E-state index contributed by atoms with van der Waals surface area (Å²) < 4.78 is 5.08. The van der Waals surface area contributed by atoms with Crippen LogP contribution in [0.15, 0.2) is 24.3 Å². The quantitative estimate of drug-likeness (QED) is 0.802. The Morgan fingerprint density at radius 1 is 1.48 bits per heavy atom. The van der Waals surface area contributed by atoms with Gasteiger partial charge in [-0.25, -0.2) is 4.90 Å². The van der Waals surface area contributed by atoms with Gasteiger partial charge in [0.25, 0.3) is 0 Å². The van der Waals surface area contributed by atoms with Crippen molar-refractivity contribution in [1.82, 2.24) is 0 Å². The van der Waals surface area contributed by atoms with Crippen LogP contribution >= 0.6 is 11.8 Å². The van der Waals surface area contributed by atoms with E-state index < -0.39 is 11.2 Å². The average Bonchev–Trinajstić information content (AvgIpc) is 2.73. The Morgan fingerprint density at radius 2 is 2.24 bits per heavy atom. The fraction of sp³-hybridized carbons (Fsp3) is 0.357. The van der Waals surface area contributed by atoms with Gasteiger partial charge in [0.2, 0.25) is 11.8 Å². The van der Waals surface area contributed by atoms with Crippen LogP contribution in [0.1, 0.15) is 12.8 Å². The standard InChI is InChI=1S/C14H15NO5S/c1-20-10-4-2-3-9(7-10)15-12(16)8-11(14(15)19)21-6-5-13(17)18/h2-4,7,11H,5-6,8H2,1H3,(H,17,18). The number of carboxylic acids is 1. The molecule has 6 nitrogen and oxygen atoms in total. The lowest BCUT2D eigenvalue weighted by atomic mass is 10.3. The topological polar surface area (TPSA) is 83.9 Å². The molecule has 1 saturated heterocycles. The number of aliphatic carboxylic acids is 1. The van der Waals surface area contributed by atoms with E-state index in [0.717, 1.165) is 4.90 Å². The first-order chi connectivity index (χ1) is 10.0. The molecule has 2 amide bonds. The predicted octanol–water partition coefficient (Wildman–Crippen LogP) is 1.53. The van der Waals surface area contributed by atoms with Crippen LogP contribution in [0, 0.1) is 0 Å². The van der Waals surface area contributed by atoms with Crippen molar-refractivity contribution >= 4 is 35.2 Å². The lowest BCUT2D eigenvalue weighted by Crippen LogP contribution is -2.31. The summed E-state index contributed by atoms with van der Waals surface area (Å²) in [5.41, 5.74) is 0.477. The number of nitrogens with zero attached hydrogens (tertiary/aromatic N) is 1. The summed E-state index contributed by atoms with van der Waals surface area (Å²) in [6.07, 6.45) is 0.0716. The molecule has 1 aliphatic rings. The van der Waals surface area contributed by atoms with E-state index in [0.29, 0.717) is 17.2 Å². The number of hydrogen-bond acceptors (Lipinski definition) is 5. The van der Waals surface area contributed by atoms with E-state index in [1.165, 1.54) is 18.9 Å². The molecule has 1 unspecified atom stereocenters. The Morgan fingerprint density at radius 3 is 2.90 bits per heavy atom. The van der Waals surface area contributed by atoms with E-state index in [-0.39, 0.29) is 24.7 Å². The van der Waals surface area contributed by atoms with Crippen LogP contribution in [-0.2, 0) is 14.4 Å². The Labute approximate surface area is 126 Å². The lowest BCUT2D eigenvalue weighted by Gasteiger charge is -2.15. The van der Waals surface area contributed by atoms with Crippen molar-refractivity contribution in [2.75, 3.05) is 17.8 Å². The third kappa shape index (κ3) is 3.55. The normalized spacial score (nSPS) is 18.1. The molecule has 21 heavy (non-hydrogen) atoms. The number of rotatable bonds is 6. The summed E-state index contributed by atoms with van der Waals surface area (Å²) in [4.78, 5) is 35.9. The van der Waals surface area contributed by atoms with Gasteiger partial charge in [-0.1, -0.05) is 6.07 Å². The highest BCUT2D eigenvalue weighted by Crippen LogP contribution is 2.31. The molecule has 2 rings (SSSR count). The Balaban J connectivity index is 2.09. The number of ether oxygens (including phenoxy) is 1. The molecular weight excluding hydrogens is 294 g/mol. The van der Waals surface area contributed by atoms with Gasteiger partial charge in [0.05, 0.1) is 24.5 Å². The number of anilines is 1. The Bertz CT molecular complexity index is 574. The lowest BCUT2D eigenvalue weighted by molar-refractivity contribution is -0.136. The molecule has 0 saturated carbocycles. The zero-order chi connectivity index (χ0) is 15.4. The highest BCUT2D eigenvalue weighted by molar-refractivity contribution is 8.00. The number of hydrogen-bond donors (Lipinski definition) is 1. The molecule has 1 aliphatic heterocycles. The number of imide groups is 1. The summed E-state index contributed by atoms with van der Waals surface area (Å²) in [6.45, 7) is 0. The summed E-state index contributed by atoms with van der Waals surface area (Å²) in [6, 6.07) is 6.73. The monoisotopic (exact) mass is 309 g/mol. The van der Waals surface area contributed by atoms with Crippen molar-refractivity contribution in [3.8, 4) is 5.75 Å². The van der Waals surface area contributed by atoms with Crippen molar-refractivity contribution in [3.05, 3.63) is 24.3 Å². The Kier molecular flexibility index (Phi) is 4.85. The first-order valence-corrected chi connectivity index (χ1v) is 7.42. The van der Waals surface area contributed by atoms with Crippen molar-refractivity contribution in [3.63, 3.8) is 0 Å². The fourth-order valence-electron chi connectivity index (χ4n) is 2.04. The van der Waals surface area contributed by atoms with Crippen LogP contribution in [0.25, 0.3) is 0 Å². The molecule has 0 spiro atoms. The second-order valence-corrected chi connectivity index (χ2v) is 5.79. The fourth-order valence-corrected chi connectivity index (χ4v) is 3.13. The molecule has 1 aromatic carbocycles. The summed E-state index contributed by atoms with van der Waals surface area (Å²) in [7, 11) is 1.51. The zero-order valence-corrected chi connectivity index (χ0v) is 12.3. The van der Waals surface area contributed by atoms with Gasteiger partial charge in [-0.15, -0.1) is 11.8 Å². The maximum atomic E-state index is 12.3. The molecule has 0 aliphatic carbocycles. The van der Waals surface area contributed by atoms with E-state index >= 15 is 0 Å². The van der Waals surface area contributed by atoms with Gasteiger partial charge in [0, 0.05) is 18.2 Å². The minimum absolute atomic E-state index is 0.0260. The van der Waals surface area contributed by atoms with Gasteiger partial charge < -0.3 is 9.84 Å². The van der Waals surface area contributed by atoms with Gasteiger partial charge in [0.15, 0.2) is 0 Å². The summed E-state index contributed by atoms with van der Waals surface area (Å²) >= 11 is 1.21. The molecule has 0 aromatic heterocycles. The van der Waals surface area contributed by atoms with E-state index in [1.54, 1.807) is 24.3 Å². The molecule has 1 N–H and O–H groups in total. The number of methoxy groups -OCH3 is 1. The smallest absolute Gasteiger partial charge is 0.304 e. The van der Waals surface area contributed by atoms with Gasteiger partial charge in [-0.3, -0.25) is 14.4 Å². The summed E-state index contributed by atoms with van der Waals surface area (Å²) in [5, 5.41) is 8.09. The third-order valence-electron chi connectivity index (χ3n) is 3.05. The molecule has 0 bridgehead atoms. The predicted molar refractivity (Wildman–Crippen MR) is 78.6 cm³/mol. The first kappa shape index (κ1) is 15.4. The van der Waals surface area contributed by atoms with E-state index in [4.69, 9.17) is 9.84 Å². The maximum Gasteiger partial charge on any atom is 0.304 e. The number of carbonyl (C=O) groups is 3. The SMILES string of the molecule is COc1cccc(N2C(=O)CC(SCCC(=O)O)C2=O)c1. The van der Waals surface area contributed by atoms with Crippen molar-refractivity contribution < 1.29 is 24.2 Å². The van der Waals surface area contributed by atoms with Crippen LogP contribution in [0.5, 0.6) is 5.75 Å². The minimum Gasteiger partial charge on any atom is -0.497 e. The van der Waals surface area contributed by atoms with Crippen LogP contribution in [-0.4, -0.2) is 41.0 Å². The first-order valence-electron chi connectivity index (χ1n) is 6.37. The number of carbonyl (C=O) groups excluding carboxylic acids is 2. The van der Waals surface area contributed by atoms with E-state index in [2.05, 4.69) is 0 Å². The maximum absolute atomic E-state index is 12.3. The van der Waals surface area contributed by atoms with Crippen molar-refractivity contribution in [2.45, 2.75) is 18.1 Å². The molecule has 1 aromatic rings. The van der Waals surface area contributed by atoms with Crippen LogP contribution in [0.4, 0.5) is 5.69 Å². The summed E-state index contributed by atoms with van der Waals surface area (Å²) in [5.74, 6) is -0.617.